The molecule has 1 unspecified atom stereocenters. The normalized spacial score (nSPS) is 13.8. The number of hydrogen-bond donors (Lipinski definition) is 2. The summed E-state index contributed by atoms with van der Waals surface area (Å²) in [5, 5.41) is 10.8. The molecule has 0 amide bonds. The maximum atomic E-state index is 5.52. The Morgan fingerprint density at radius 1 is 1.38 bits per heavy atom. The van der Waals surface area contributed by atoms with Gasteiger partial charge in [-0.15, -0.1) is 0 Å². The molecule has 2 aromatic heterocycles. The summed E-state index contributed by atoms with van der Waals surface area (Å²) in [6.07, 6.45) is 3.63. The van der Waals surface area contributed by atoms with E-state index in [1.54, 1.807) is 6.26 Å². The minimum Gasteiger partial charge on any atom is -0.468 e. The second-order valence-corrected chi connectivity index (χ2v) is 6.65. The summed E-state index contributed by atoms with van der Waals surface area (Å²) in [7, 11) is 4.13. The Balaban J connectivity index is 1.96. The number of H-pyrrole nitrogens is 1. The molecule has 1 atom stereocenters. The van der Waals surface area contributed by atoms with Gasteiger partial charge in [0, 0.05) is 29.8 Å². The highest BCUT2D eigenvalue weighted by atomic mass is 16.3. The molecule has 2 heterocycles. The van der Waals surface area contributed by atoms with Crippen LogP contribution in [0.1, 0.15) is 43.8 Å². The lowest BCUT2D eigenvalue weighted by atomic mass is 9.89. The van der Waals surface area contributed by atoms with Crippen LogP contribution in [0.5, 0.6) is 0 Å². The molecular formula is C16H26N4O. The summed E-state index contributed by atoms with van der Waals surface area (Å²) in [5.41, 5.74) is 2.49. The highest BCUT2D eigenvalue weighted by Gasteiger charge is 2.21. The van der Waals surface area contributed by atoms with Gasteiger partial charge in [-0.25, -0.2) is 0 Å². The van der Waals surface area contributed by atoms with E-state index in [1.165, 1.54) is 11.3 Å². The van der Waals surface area contributed by atoms with Crippen LogP contribution in [0.25, 0.3) is 0 Å². The molecule has 0 saturated carbocycles. The number of nitrogens with one attached hydrogen (secondary N) is 2. The highest BCUT2D eigenvalue weighted by Crippen LogP contribution is 2.23. The SMILES string of the molecule is CN(C)C(CNCc1cn[nH]c1C(C)(C)C)c1ccco1. The monoisotopic (exact) mass is 290 g/mol. The first-order valence-electron chi connectivity index (χ1n) is 7.33. The molecule has 0 aliphatic heterocycles. The molecule has 0 aliphatic carbocycles. The molecule has 0 spiro atoms. The van der Waals surface area contributed by atoms with E-state index in [1.807, 2.05) is 18.3 Å². The van der Waals surface area contributed by atoms with Gasteiger partial charge in [-0.1, -0.05) is 20.8 Å². The van der Waals surface area contributed by atoms with Gasteiger partial charge >= 0.3 is 0 Å². The van der Waals surface area contributed by atoms with Gasteiger partial charge in [-0.05, 0) is 26.2 Å². The summed E-state index contributed by atoms with van der Waals surface area (Å²) in [4.78, 5) is 2.16. The van der Waals surface area contributed by atoms with E-state index in [4.69, 9.17) is 4.42 Å². The molecule has 0 aliphatic rings. The fourth-order valence-corrected chi connectivity index (χ4v) is 2.46. The maximum absolute atomic E-state index is 5.52. The van der Waals surface area contributed by atoms with Gasteiger partial charge in [0.05, 0.1) is 18.5 Å². The van der Waals surface area contributed by atoms with Crippen LogP contribution in [0, 0.1) is 0 Å². The first-order valence-corrected chi connectivity index (χ1v) is 7.33. The lowest BCUT2D eigenvalue weighted by Gasteiger charge is -2.23. The second kappa shape index (κ2) is 6.45. The number of likely N-dealkylation sites (N-methyl/N-ethyl adjacent to an activating group) is 1. The van der Waals surface area contributed by atoms with E-state index in [-0.39, 0.29) is 11.5 Å². The van der Waals surface area contributed by atoms with Crippen molar-refractivity contribution in [2.75, 3.05) is 20.6 Å². The summed E-state index contributed by atoms with van der Waals surface area (Å²) < 4.78 is 5.52. The molecule has 2 rings (SSSR count). The third kappa shape index (κ3) is 3.95. The Labute approximate surface area is 126 Å². The lowest BCUT2D eigenvalue weighted by molar-refractivity contribution is 0.250. The van der Waals surface area contributed by atoms with Gasteiger partial charge in [0.2, 0.25) is 0 Å². The third-order valence-corrected chi connectivity index (χ3v) is 3.62. The van der Waals surface area contributed by atoms with Crippen LogP contribution in [-0.2, 0) is 12.0 Å². The summed E-state index contributed by atoms with van der Waals surface area (Å²) in [6, 6.07) is 4.18. The summed E-state index contributed by atoms with van der Waals surface area (Å²) in [6.45, 7) is 8.20. The zero-order valence-corrected chi connectivity index (χ0v) is 13.6. The average molecular weight is 290 g/mol. The topological polar surface area (TPSA) is 57.1 Å². The van der Waals surface area contributed by atoms with Crippen molar-refractivity contribution < 1.29 is 4.42 Å². The largest absolute Gasteiger partial charge is 0.468 e. The zero-order chi connectivity index (χ0) is 15.5. The molecule has 0 bridgehead atoms. The van der Waals surface area contributed by atoms with E-state index in [0.29, 0.717) is 0 Å². The maximum Gasteiger partial charge on any atom is 0.122 e. The molecule has 0 radical (unpaired) electrons. The highest BCUT2D eigenvalue weighted by molar-refractivity contribution is 5.23. The standard InChI is InChI=1S/C16H26N4O/c1-16(2,3)15-12(10-18-19-15)9-17-11-13(20(4)5)14-7-6-8-21-14/h6-8,10,13,17H,9,11H2,1-5H3,(H,18,19). The number of furan rings is 1. The lowest BCUT2D eigenvalue weighted by Crippen LogP contribution is -2.31. The molecule has 0 saturated heterocycles. The van der Waals surface area contributed by atoms with Crippen molar-refractivity contribution in [1.29, 1.82) is 0 Å². The Kier molecular flexibility index (Phi) is 4.85. The predicted molar refractivity (Wildman–Crippen MR) is 84.1 cm³/mol. The van der Waals surface area contributed by atoms with E-state index < -0.39 is 0 Å². The van der Waals surface area contributed by atoms with Crippen LogP contribution >= 0.6 is 0 Å². The average Bonchev–Trinajstić information content (AvgIpc) is 3.04. The third-order valence-electron chi connectivity index (χ3n) is 3.62. The van der Waals surface area contributed by atoms with Crippen LogP contribution in [-0.4, -0.2) is 35.7 Å². The second-order valence-electron chi connectivity index (χ2n) is 6.65. The molecule has 2 aromatic rings. The van der Waals surface area contributed by atoms with Crippen LogP contribution < -0.4 is 5.32 Å². The number of aromatic nitrogens is 2. The Morgan fingerprint density at radius 3 is 2.71 bits per heavy atom. The van der Waals surface area contributed by atoms with Crippen LogP contribution in [0.2, 0.25) is 0 Å². The minimum absolute atomic E-state index is 0.0788. The molecule has 2 N–H and O–H groups in total. The van der Waals surface area contributed by atoms with Gasteiger partial charge in [-0.2, -0.15) is 5.10 Å². The predicted octanol–water partition coefficient (Wildman–Crippen LogP) is 2.69. The Hall–Kier alpha value is -1.59. The summed E-state index contributed by atoms with van der Waals surface area (Å²) >= 11 is 0. The van der Waals surface area contributed by atoms with Crippen LogP contribution in [0.15, 0.2) is 29.0 Å². The van der Waals surface area contributed by atoms with Crippen molar-refractivity contribution in [3.8, 4) is 0 Å². The number of rotatable bonds is 6. The molecule has 116 valence electrons. The van der Waals surface area contributed by atoms with Gasteiger partial charge in [0.1, 0.15) is 5.76 Å². The Bertz CT molecular complexity index is 537. The van der Waals surface area contributed by atoms with Crippen molar-refractivity contribution in [3.63, 3.8) is 0 Å². The first-order chi connectivity index (χ1) is 9.89. The fraction of sp³-hybridized carbons (Fsp3) is 0.562. The number of hydrogen-bond acceptors (Lipinski definition) is 4. The molecule has 5 nitrogen and oxygen atoms in total. The smallest absolute Gasteiger partial charge is 0.122 e. The minimum atomic E-state index is 0.0788. The van der Waals surface area contributed by atoms with E-state index in [2.05, 4.69) is 55.3 Å². The summed E-state index contributed by atoms with van der Waals surface area (Å²) in [5.74, 6) is 0.982. The molecule has 21 heavy (non-hydrogen) atoms. The van der Waals surface area contributed by atoms with Crippen molar-refractivity contribution in [2.45, 2.75) is 38.8 Å². The van der Waals surface area contributed by atoms with Gasteiger partial charge in [0.15, 0.2) is 0 Å². The van der Waals surface area contributed by atoms with Crippen molar-refractivity contribution >= 4 is 0 Å². The number of aromatic amines is 1. The molecule has 5 heteroatoms. The molecule has 0 aromatic carbocycles. The first kappa shape index (κ1) is 15.8. The van der Waals surface area contributed by atoms with Gasteiger partial charge in [0.25, 0.3) is 0 Å². The number of nitrogens with zero attached hydrogens (tertiary/aromatic N) is 2. The van der Waals surface area contributed by atoms with E-state index >= 15 is 0 Å². The van der Waals surface area contributed by atoms with Gasteiger partial charge in [-0.3, -0.25) is 10.00 Å². The van der Waals surface area contributed by atoms with Gasteiger partial charge < -0.3 is 9.73 Å². The fourth-order valence-electron chi connectivity index (χ4n) is 2.46. The molecule has 0 fully saturated rings. The molecular weight excluding hydrogens is 264 g/mol. The van der Waals surface area contributed by atoms with E-state index in [9.17, 15) is 0 Å². The van der Waals surface area contributed by atoms with E-state index in [0.717, 1.165) is 18.8 Å². The van der Waals surface area contributed by atoms with Crippen LogP contribution in [0.4, 0.5) is 0 Å². The Morgan fingerprint density at radius 2 is 2.14 bits per heavy atom. The van der Waals surface area contributed by atoms with Crippen molar-refractivity contribution in [1.82, 2.24) is 20.4 Å². The quantitative estimate of drug-likeness (QED) is 0.859. The van der Waals surface area contributed by atoms with Crippen LogP contribution in [0.3, 0.4) is 0 Å². The zero-order valence-electron chi connectivity index (χ0n) is 13.6. The van der Waals surface area contributed by atoms with Crippen molar-refractivity contribution in [3.05, 3.63) is 41.6 Å². The van der Waals surface area contributed by atoms with Crippen molar-refractivity contribution in [2.24, 2.45) is 0 Å².